The standard InChI is InChI=1S/C19H24N2O2/c1-13(2)12-23-17-6-4-5-16(11-17)21-19(22)18(20)15-9-7-14(3)8-10-15/h4-11,13,18H,12,20H2,1-3H3,(H,21,22). The topological polar surface area (TPSA) is 64.4 Å². The molecule has 0 fully saturated rings. The van der Waals surface area contributed by atoms with E-state index in [2.05, 4.69) is 19.2 Å². The Morgan fingerprint density at radius 1 is 1.17 bits per heavy atom. The minimum Gasteiger partial charge on any atom is -0.493 e. The van der Waals surface area contributed by atoms with Crippen molar-refractivity contribution in [2.45, 2.75) is 26.8 Å². The van der Waals surface area contributed by atoms with Gasteiger partial charge in [-0.15, -0.1) is 0 Å². The molecule has 0 aliphatic carbocycles. The Morgan fingerprint density at radius 3 is 2.52 bits per heavy atom. The molecule has 0 aromatic heterocycles. The van der Waals surface area contributed by atoms with Gasteiger partial charge < -0.3 is 15.8 Å². The predicted molar refractivity (Wildman–Crippen MR) is 93.5 cm³/mol. The number of amides is 1. The summed E-state index contributed by atoms with van der Waals surface area (Å²) in [6, 6.07) is 14.3. The van der Waals surface area contributed by atoms with Crippen LogP contribution < -0.4 is 15.8 Å². The summed E-state index contributed by atoms with van der Waals surface area (Å²) in [5.41, 5.74) is 8.64. The molecule has 0 saturated carbocycles. The Hall–Kier alpha value is -2.33. The zero-order valence-corrected chi connectivity index (χ0v) is 13.9. The van der Waals surface area contributed by atoms with Gasteiger partial charge in [-0.1, -0.05) is 49.7 Å². The molecule has 4 nitrogen and oxygen atoms in total. The molecule has 122 valence electrons. The molecule has 2 aromatic carbocycles. The summed E-state index contributed by atoms with van der Waals surface area (Å²) in [6.07, 6.45) is 0. The highest BCUT2D eigenvalue weighted by molar-refractivity contribution is 5.95. The number of nitrogens with one attached hydrogen (secondary N) is 1. The molecule has 23 heavy (non-hydrogen) atoms. The maximum absolute atomic E-state index is 12.3. The van der Waals surface area contributed by atoms with Crippen LogP contribution in [0.4, 0.5) is 5.69 Å². The van der Waals surface area contributed by atoms with Crippen molar-refractivity contribution in [1.29, 1.82) is 0 Å². The lowest BCUT2D eigenvalue weighted by molar-refractivity contribution is -0.117. The second-order valence-corrected chi connectivity index (χ2v) is 6.11. The average molecular weight is 312 g/mol. The lowest BCUT2D eigenvalue weighted by atomic mass is 10.1. The number of aryl methyl sites for hydroxylation is 1. The first-order valence-electron chi connectivity index (χ1n) is 7.81. The third kappa shape index (κ3) is 5.11. The summed E-state index contributed by atoms with van der Waals surface area (Å²) in [4.78, 5) is 12.3. The SMILES string of the molecule is Cc1ccc(C(N)C(=O)Nc2cccc(OCC(C)C)c2)cc1. The van der Waals surface area contributed by atoms with Crippen molar-refractivity contribution in [3.8, 4) is 5.75 Å². The zero-order chi connectivity index (χ0) is 16.8. The lowest BCUT2D eigenvalue weighted by Gasteiger charge is -2.14. The van der Waals surface area contributed by atoms with E-state index in [4.69, 9.17) is 10.5 Å². The van der Waals surface area contributed by atoms with Crippen molar-refractivity contribution in [2.24, 2.45) is 11.7 Å². The van der Waals surface area contributed by atoms with Gasteiger partial charge in [0.1, 0.15) is 11.8 Å². The Balaban J connectivity index is 2.01. The second-order valence-electron chi connectivity index (χ2n) is 6.11. The first-order valence-corrected chi connectivity index (χ1v) is 7.81. The van der Waals surface area contributed by atoms with Crippen LogP contribution in [0.5, 0.6) is 5.75 Å². The number of nitrogens with two attached hydrogens (primary N) is 1. The van der Waals surface area contributed by atoms with Crippen molar-refractivity contribution in [3.05, 3.63) is 59.7 Å². The van der Waals surface area contributed by atoms with Gasteiger partial charge in [-0.2, -0.15) is 0 Å². The number of hydrogen-bond acceptors (Lipinski definition) is 3. The van der Waals surface area contributed by atoms with Crippen LogP contribution in [0.2, 0.25) is 0 Å². The minimum atomic E-state index is -0.698. The number of carbonyl (C=O) groups excluding carboxylic acids is 1. The molecular weight excluding hydrogens is 288 g/mol. The van der Waals surface area contributed by atoms with E-state index in [1.54, 1.807) is 0 Å². The molecule has 4 heteroatoms. The molecule has 0 saturated heterocycles. The van der Waals surface area contributed by atoms with E-state index in [1.165, 1.54) is 0 Å². The van der Waals surface area contributed by atoms with Gasteiger partial charge in [-0.05, 0) is 30.5 Å². The number of hydrogen-bond donors (Lipinski definition) is 2. The fourth-order valence-electron chi connectivity index (χ4n) is 2.07. The van der Waals surface area contributed by atoms with Crippen LogP contribution in [0.3, 0.4) is 0 Å². The van der Waals surface area contributed by atoms with Crippen LogP contribution in [0.25, 0.3) is 0 Å². The number of anilines is 1. The van der Waals surface area contributed by atoms with E-state index in [9.17, 15) is 4.79 Å². The maximum Gasteiger partial charge on any atom is 0.245 e. The Bertz CT molecular complexity index is 651. The van der Waals surface area contributed by atoms with Crippen LogP contribution >= 0.6 is 0 Å². The van der Waals surface area contributed by atoms with Gasteiger partial charge in [0.2, 0.25) is 5.91 Å². The third-order valence-corrected chi connectivity index (χ3v) is 3.40. The Kier molecular flexibility index (Phi) is 5.77. The summed E-state index contributed by atoms with van der Waals surface area (Å²) in [6.45, 7) is 6.82. The average Bonchev–Trinajstić information content (AvgIpc) is 2.53. The van der Waals surface area contributed by atoms with E-state index >= 15 is 0 Å². The summed E-state index contributed by atoms with van der Waals surface area (Å²) in [5, 5.41) is 2.84. The van der Waals surface area contributed by atoms with E-state index < -0.39 is 6.04 Å². The van der Waals surface area contributed by atoms with Gasteiger partial charge in [0.05, 0.1) is 6.61 Å². The Morgan fingerprint density at radius 2 is 1.87 bits per heavy atom. The van der Waals surface area contributed by atoms with Crippen molar-refractivity contribution < 1.29 is 9.53 Å². The number of ether oxygens (including phenoxy) is 1. The van der Waals surface area contributed by atoms with Gasteiger partial charge in [0.15, 0.2) is 0 Å². The smallest absolute Gasteiger partial charge is 0.245 e. The number of benzene rings is 2. The summed E-state index contributed by atoms with van der Waals surface area (Å²) >= 11 is 0. The van der Waals surface area contributed by atoms with Crippen LogP contribution in [0.1, 0.15) is 31.0 Å². The molecule has 0 aliphatic heterocycles. The molecule has 1 atom stereocenters. The molecule has 2 aromatic rings. The van der Waals surface area contributed by atoms with Crippen LogP contribution in [-0.4, -0.2) is 12.5 Å². The predicted octanol–water partition coefficient (Wildman–Crippen LogP) is 3.67. The molecule has 1 amide bonds. The van der Waals surface area contributed by atoms with Crippen molar-refractivity contribution in [3.63, 3.8) is 0 Å². The molecular formula is C19H24N2O2. The fourth-order valence-corrected chi connectivity index (χ4v) is 2.07. The van der Waals surface area contributed by atoms with E-state index in [0.717, 1.165) is 16.9 Å². The fraction of sp³-hybridized carbons (Fsp3) is 0.316. The normalized spacial score (nSPS) is 12.0. The molecule has 0 spiro atoms. The first kappa shape index (κ1) is 17.0. The van der Waals surface area contributed by atoms with Crippen molar-refractivity contribution >= 4 is 11.6 Å². The lowest BCUT2D eigenvalue weighted by Crippen LogP contribution is -2.27. The number of carbonyl (C=O) groups is 1. The molecule has 0 radical (unpaired) electrons. The van der Waals surface area contributed by atoms with Crippen LogP contribution in [0.15, 0.2) is 48.5 Å². The number of rotatable bonds is 6. The first-order chi connectivity index (χ1) is 11.0. The highest BCUT2D eigenvalue weighted by Gasteiger charge is 2.15. The molecule has 3 N–H and O–H groups in total. The van der Waals surface area contributed by atoms with Crippen molar-refractivity contribution in [1.82, 2.24) is 0 Å². The van der Waals surface area contributed by atoms with Crippen LogP contribution in [-0.2, 0) is 4.79 Å². The van der Waals surface area contributed by atoms with Gasteiger partial charge in [0, 0.05) is 11.8 Å². The monoisotopic (exact) mass is 312 g/mol. The van der Waals surface area contributed by atoms with Crippen molar-refractivity contribution in [2.75, 3.05) is 11.9 Å². The third-order valence-electron chi connectivity index (χ3n) is 3.40. The summed E-state index contributed by atoms with van der Waals surface area (Å²) < 4.78 is 5.67. The summed E-state index contributed by atoms with van der Waals surface area (Å²) in [7, 11) is 0. The quantitative estimate of drug-likeness (QED) is 0.855. The largest absolute Gasteiger partial charge is 0.493 e. The Labute approximate surface area is 137 Å². The highest BCUT2D eigenvalue weighted by atomic mass is 16.5. The van der Waals surface area contributed by atoms with Gasteiger partial charge >= 0.3 is 0 Å². The van der Waals surface area contributed by atoms with Gasteiger partial charge in [-0.25, -0.2) is 0 Å². The van der Waals surface area contributed by atoms with E-state index in [0.29, 0.717) is 18.2 Å². The summed E-state index contributed by atoms with van der Waals surface area (Å²) in [5.74, 6) is 0.943. The minimum absolute atomic E-state index is 0.241. The molecule has 0 aliphatic rings. The van der Waals surface area contributed by atoms with Gasteiger partial charge in [-0.3, -0.25) is 4.79 Å². The van der Waals surface area contributed by atoms with Gasteiger partial charge in [0.25, 0.3) is 0 Å². The molecule has 1 unspecified atom stereocenters. The van der Waals surface area contributed by atoms with E-state index in [1.807, 2.05) is 55.5 Å². The van der Waals surface area contributed by atoms with Crippen LogP contribution in [0, 0.1) is 12.8 Å². The van der Waals surface area contributed by atoms with E-state index in [-0.39, 0.29) is 5.91 Å². The molecule has 0 heterocycles. The second kappa shape index (κ2) is 7.79. The maximum atomic E-state index is 12.3. The molecule has 0 bridgehead atoms. The zero-order valence-electron chi connectivity index (χ0n) is 13.9. The molecule has 2 rings (SSSR count). The highest BCUT2D eigenvalue weighted by Crippen LogP contribution is 2.20.